The van der Waals surface area contributed by atoms with E-state index in [2.05, 4.69) is 11.8 Å². The number of likely N-dealkylation sites (tertiary alicyclic amines) is 1. The number of hydrogen-bond acceptors (Lipinski definition) is 2. The van der Waals surface area contributed by atoms with Crippen LogP contribution < -0.4 is 0 Å². The van der Waals surface area contributed by atoms with Crippen LogP contribution in [0.2, 0.25) is 0 Å². The molecule has 2 nitrogen and oxygen atoms in total. The minimum absolute atomic E-state index is 0.335. The second-order valence-corrected chi connectivity index (χ2v) is 3.40. The fraction of sp³-hybridized carbons (Fsp3) is 0.889. The normalized spacial score (nSPS) is 25.8. The lowest BCUT2D eigenvalue weighted by molar-refractivity contribution is -0.120. The van der Waals surface area contributed by atoms with E-state index >= 15 is 0 Å². The van der Waals surface area contributed by atoms with E-state index in [0.717, 1.165) is 26.1 Å². The molecule has 1 heterocycles. The van der Waals surface area contributed by atoms with Crippen LogP contribution in [-0.2, 0) is 4.79 Å². The van der Waals surface area contributed by atoms with Gasteiger partial charge < -0.3 is 4.90 Å². The third kappa shape index (κ3) is 2.29. The quantitative estimate of drug-likeness (QED) is 0.612. The zero-order valence-electron chi connectivity index (χ0n) is 7.47. The van der Waals surface area contributed by atoms with Gasteiger partial charge >= 0.3 is 0 Å². The first-order valence-corrected chi connectivity index (χ1v) is 4.47. The maximum Gasteiger partial charge on any atom is 0.134 e. The maximum atomic E-state index is 11.0. The van der Waals surface area contributed by atoms with E-state index in [1.807, 2.05) is 0 Å². The van der Waals surface area contributed by atoms with Gasteiger partial charge in [-0.15, -0.1) is 0 Å². The van der Waals surface area contributed by atoms with Crippen molar-refractivity contribution in [3.63, 3.8) is 0 Å². The van der Waals surface area contributed by atoms with E-state index < -0.39 is 0 Å². The van der Waals surface area contributed by atoms with Gasteiger partial charge in [-0.2, -0.15) is 0 Å². The molecule has 0 bridgehead atoms. The molecular weight excluding hydrogens is 138 g/mol. The summed E-state index contributed by atoms with van der Waals surface area (Å²) < 4.78 is 0. The predicted octanol–water partition coefficient (Wildman–Crippen LogP) is 1.31. The van der Waals surface area contributed by atoms with Crippen molar-refractivity contribution in [1.29, 1.82) is 0 Å². The highest BCUT2D eigenvalue weighted by atomic mass is 16.1. The van der Waals surface area contributed by atoms with Gasteiger partial charge in [0.2, 0.25) is 0 Å². The number of rotatable bonds is 3. The Kier molecular flexibility index (Phi) is 3.06. The number of hydrogen-bond donors (Lipinski definition) is 0. The van der Waals surface area contributed by atoms with Crippen molar-refractivity contribution in [2.24, 2.45) is 5.92 Å². The van der Waals surface area contributed by atoms with Crippen LogP contribution in [0.3, 0.4) is 0 Å². The second kappa shape index (κ2) is 3.86. The van der Waals surface area contributed by atoms with Gasteiger partial charge in [0.1, 0.15) is 5.78 Å². The minimum atomic E-state index is 0.335. The molecule has 11 heavy (non-hydrogen) atoms. The molecule has 0 amide bonds. The molecule has 0 spiro atoms. The predicted molar refractivity (Wildman–Crippen MR) is 45.5 cm³/mol. The SMILES string of the molecule is CCCN1CCC(C(C)=O)C1. The van der Waals surface area contributed by atoms with E-state index in [0.29, 0.717) is 11.7 Å². The van der Waals surface area contributed by atoms with Gasteiger partial charge in [-0.05, 0) is 32.9 Å². The smallest absolute Gasteiger partial charge is 0.134 e. The number of Topliss-reactive ketones (excluding diaryl/α,β-unsaturated/α-hetero) is 1. The van der Waals surface area contributed by atoms with Crippen molar-refractivity contribution in [2.75, 3.05) is 19.6 Å². The van der Waals surface area contributed by atoms with Gasteiger partial charge in [0, 0.05) is 12.5 Å². The molecule has 1 saturated heterocycles. The summed E-state index contributed by atoms with van der Waals surface area (Å²) in [6.07, 6.45) is 2.28. The Balaban J connectivity index is 2.29. The van der Waals surface area contributed by atoms with Crippen molar-refractivity contribution < 1.29 is 4.79 Å². The second-order valence-electron chi connectivity index (χ2n) is 3.40. The van der Waals surface area contributed by atoms with Crippen molar-refractivity contribution in [2.45, 2.75) is 26.7 Å². The summed E-state index contributed by atoms with van der Waals surface area (Å²) in [4.78, 5) is 13.4. The maximum absolute atomic E-state index is 11.0. The number of carbonyl (C=O) groups excluding carboxylic acids is 1. The van der Waals surface area contributed by atoms with Crippen LogP contribution in [0.25, 0.3) is 0 Å². The molecule has 0 aromatic carbocycles. The van der Waals surface area contributed by atoms with Crippen LogP contribution in [0, 0.1) is 5.92 Å². The van der Waals surface area contributed by atoms with Crippen LogP contribution in [0.1, 0.15) is 26.7 Å². The summed E-state index contributed by atoms with van der Waals surface area (Å²) in [5.74, 6) is 0.699. The summed E-state index contributed by atoms with van der Waals surface area (Å²) in [5.41, 5.74) is 0. The molecule has 0 radical (unpaired) electrons. The van der Waals surface area contributed by atoms with Gasteiger partial charge in [0.05, 0.1) is 0 Å². The highest BCUT2D eigenvalue weighted by Gasteiger charge is 2.24. The van der Waals surface area contributed by atoms with Crippen LogP contribution in [-0.4, -0.2) is 30.3 Å². The number of carbonyl (C=O) groups is 1. The zero-order chi connectivity index (χ0) is 8.27. The molecule has 1 atom stereocenters. The van der Waals surface area contributed by atoms with E-state index in [4.69, 9.17) is 0 Å². The molecule has 0 saturated carbocycles. The highest BCUT2D eigenvalue weighted by molar-refractivity contribution is 5.78. The molecule has 1 unspecified atom stereocenters. The van der Waals surface area contributed by atoms with Crippen molar-refractivity contribution in [3.05, 3.63) is 0 Å². The van der Waals surface area contributed by atoms with E-state index in [9.17, 15) is 4.79 Å². The molecule has 0 N–H and O–H groups in total. The van der Waals surface area contributed by atoms with E-state index in [1.54, 1.807) is 6.92 Å². The molecule has 0 aliphatic carbocycles. The standard InChI is InChI=1S/C9H17NO/c1-3-5-10-6-4-9(7-10)8(2)11/h9H,3-7H2,1-2H3. The van der Waals surface area contributed by atoms with Gasteiger partial charge in [0.25, 0.3) is 0 Å². The lowest BCUT2D eigenvalue weighted by Gasteiger charge is -2.12. The molecule has 64 valence electrons. The van der Waals surface area contributed by atoms with Gasteiger partial charge in [-0.3, -0.25) is 4.79 Å². The fourth-order valence-corrected chi connectivity index (χ4v) is 1.68. The van der Waals surface area contributed by atoms with Crippen molar-refractivity contribution >= 4 is 5.78 Å². The van der Waals surface area contributed by atoms with Gasteiger partial charge in [0.15, 0.2) is 0 Å². The molecule has 1 rings (SSSR count). The molecule has 1 aliphatic rings. The molecule has 1 aliphatic heterocycles. The summed E-state index contributed by atoms with van der Waals surface area (Å²) in [6, 6.07) is 0. The molecule has 1 fully saturated rings. The minimum Gasteiger partial charge on any atom is -0.303 e. The largest absolute Gasteiger partial charge is 0.303 e. The first kappa shape index (κ1) is 8.72. The van der Waals surface area contributed by atoms with Crippen LogP contribution >= 0.6 is 0 Å². The van der Waals surface area contributed by atoms with Crippen molar-refractivity contribution in [1.82, 2.24) is 4.90 Å². The Hall–Kier alpha value is -0.370. The summed E-state index contributed by atoms with van der Waals surface area (Å²) in [7, 11) is 0. The highest BCUT2D eigenvalue weighted by Crippen LogP contribution is 2.16. The number of nitrogens with zero attached hydrogens (tertiary/aromatic N) is 1. The lowest BCUT2D eigenvalue weighted by Crippen LogP contribution is -2.23. The molecule has 0 aromatic rings. The van der Waals surface area contributed by atoms with E-state index in [-0.39, 0.29) is 0 Å². The Morgan fingerprint density at radius 2 is 2.36 bits per heavy atom. The first-order valence-electron chi connectivity index (χ1n) is 4.47. The van der Waals surface area contributed by atoms with Crippen LogP contribution in [0.4, 0.5) is 0 Å². The average Bonchev–Trinajstić information content (AvgIpc) is 2.37. The zero-order valence-corrected chi connectivity index (χ0v) is 7.47. The Morgan fingerprint density at radius 1 is 1.64 bits per heavy atom. The molecular formula is C9H17NO. The molecule has 0 aromatic heterocycles. The summed E-state index contributed by atoms with van der Waals surface area (Å²) in [6.45, 7) is 7.17. The molecule has 2 heteroatoms. The first-order chi connectivity index (χ1) is 5.24. The monoisotopic (exact) mass is 155 g/mol. The third-order valence-corrected chi connectivity index (χ3v) is 2.39. The van der Waals surface area contributed by atoms with E-state index in [1.165, 1.54) is 6.42 Å². The Morgan fingerprint density at radius 3 is 2.82 bits per heavy atom. The fourth-order valence-electron chi connectivity index (χ4n) is 1.68. The Labute approximate surface area is 68.6 Å². The lowest BCUT2D eigenvalue weighted by atomic mass is 10.1. The van der Waals surface area contributed by atoms with Crippen molar-refractivity contribution in [3.8, 4) is 0 Å². The van der Waals surface area contributed by atoms with Crippen LogP contribution in [0.15, 0.2) is 0 Å². The summed E-state index contributed by atoms with van der Waals surface area (Å²) >= 11 is 0. The summed E-state index contributed by atoms with van der Waals surface area (Å²) in [5, 5.41) is 0. The van der Waals surface area contributed by atoms with Gasteiger partial charge in [-0.1, -0.05) is 6.92 Å². The Bertz CT molecular complexity index is 144. The number of ketones is 1. The van der Waals surface area contributed by atoms with Gasteiger partial charge in [-0.25, -0.2) is 0 Å². The average molecular weight is 155 g/mol. The topological polar surface area (TPSA) is 20.3 Å². The third-order valence-electron chi connectivity index (χ3n) is 2.39. The van der Waals surface area contributed by atoms with Crippen LogP contribution in [0.5, 0.6) is 0 Å².